The van der Waals surface area contributed by atoms with Crippen LogP contribution in [0.2, 0.25) is 0 Å². The molecule has 2 rings (SSSR count). The predicted molar refractivity (Wildman–Crippen MR) is 77.6 cm³/mol. The van der Waals surface area contributed by atoms with Crippen LogP contribution in [0.5, 0.6) is 0 Å². The van der Waals surface area contributed by atoms with Crippen molar-refractivity contribution in [3.05, 3.63) is 0 Å². The number of hydrogen-bond acceptors (Lipinski definition) is 7. The maximum Gasteiger partial charge on any atom is 1.00 e. The summed E-state index contributed by atoms with van der Waals surface area (Å²) in [5.41, 5.74) is 11.1. The smallest absolute Gasteiger partial charge is 0.590 e. The number of nitrogens with zero attached hydrogens (tertiary/aromatic N) is 3. The Hall–Kier alpha value is -0.520. The van der Waals surface area contributed by atoms with Crippen molar-refractivity contribution in [2.45, 2.75) is 32.4 Å². The van der Waals surface area contributed by atoms with E-state index in [2.05, 4.69) is 22.3 Å². The quantitative estimate of drug-likeness (QED) is 0.228. The average molecular weight is 341 g/mol. The van der Waals surface area contributed by atoms with E-state index in [4.69, 9.17) is 16.3 Å². The summed E-state index contributed by atoms with van der Waals surface area (Å²) in [5, 5.41) is 4.89. The maximum atomic E-state index is 11.9. The van der Waals surface area contributed by atoms with Gasteiger partial charge in [-0.25, -0.2) is 9.86 Å². The topological polar surface area (TPSA) is 123 Å². The van der Waals surface area contributed by atoms with Crippen LogP contribution < -0.4 is 41.0 Å². The van der Waals surface area contributed by atoms with Crippen molar-refractivity contribution in [1.29, 1.82) is 0 Å². The number of urea groups is 1. The third kappa shape index (κ3) is 4.49. The van der Waals surface area contributed by atoms with Gasteiger partial charge in [0.15, 0.2) is 0 Å². The number of rotatable bonds is 5. The fraction of sp³-hybridized carbons (Fsp3) is 0.727. The summed E-state index contributed by atoms with van der Waals surface area (Å²) in [4.78, 5) is 29.6. The molecule has 2 aliphatic rings. The zero-order valence-corrected chi connectivity index (χ0v) is 15.8. The molecule has 22 heavy (non-hydrogen) atoms. The van der Waals surface area contributed by atoms with Crippen molar-refractivity contribution in [3.8, 4) is 0 Å². The molecule has 2 atom stereocenters. The van der Waals surface area contributed by atoms with E-state index in [9.17, 15) is 9.59 Å². The minimum absolute atomic E-state index is 0. The van der Waals surface area contributed by atoms with E-state index in [1.807, 2.05) is 13.8 Å². The van der Waals surface area contributed by atoms with Crippen molar-refractivity contribution in [2.75, 3.05) is 19.7 Å². The van der Waals surface area contributed by atoms with E-state index < -0.39 is 24.0 Å². The van der Waals surface area contributed by atoms with Crippen LogP contribution in [0.4, 0.5) is 4.79 Å². The van der Waals surface area contributed by atoms with Gasteiger partial charge in [-0.15, -0.1) is 0 Å². The molecule has 9 nitrogen and oxygen atoms in total. The van der Waals surface area contributed by atoms with Crippen molar-refractivity contribution in [1.82, 2.24) is 9.96 Å². The summed E-state index contributed by atoms with van der Waals surface area (Å²) < 4.78 is 4.61. The Balaban J connectivity index is 0.00000141. The monoisotopic (exact) mass is 341 g/mol. The van der Waals surface area contributed by atoms with Gasteiger partial charge in [-0.2, -0.15) is 0 Å². The van der Waals surface area contributed by atoms with Crippen LogP contribution in [-0.2, 0) is 26.8 Å². The number of carbonyl (C=O) groups is 2. The van der Waals surface area contributed by atoms with Crippen LogP contribution in [-0.4, -0.2) is 59.4 Å². The Bertz CT molecular complexity index is 425. The molecule has 2 saturated heterocycles. The van der Waals surface area contributed by atoms with Crippen molar-refractivity contribution in [2.24, 2.45) is 16.6 Å². The van der Waals surface area contributed by atoms with Crippen molar-refractivity contribution >= 4 is 30.6 Å². The molecule has 0 aromatic heterocycles. The number of primary amides is 1. The minimum atomic E-state index is -0.765. The first kappa shape index (κ1) is 21.5. The summed E-state index contributed by atoms with van der Waals surface area (Å²) in [6.07, 6.45) is 0.200. The standard InChI is InChI=1S/C9H15N5O4S.C2H6.Na/c10-1-2-17-12-5-3-6(8(11)15)13-4-7(5)14(18-19)9(13)16;1-2;/h6-7,19H,1-4,10H2,(H2,11,15);1-2H3;/q;;+1/p-1/b12-5-;;. The van der Waals surface area contributed by atoms with E-state index in [0.29, 0.717) is 12.3 Å². The van der Waals surface area contributed by atoms with Gasteiger partial charge < -0.3 is 38.4 Å². The van der Waals surface area contributed by atoms with E-state index in [1.165, 1.54) is 4.90 Å². The van der Waals surface area contributed by atoms with Gasteiger partial charge in [-0.05, 0) is 0 Å². The van der Waals surface area contributed by atoms with Crippen LogP contribution in [0.25, 0.3) is 0 Å². The van der Waals surface area contributed by atoms with Gasteiger partial charge in [-0.3, -0.25) is 4.79 Å². The molecule has 2 fully saturated rings. The summed E-state index contributed by atoms with van der Waals surface area (Å²) in [5.74, 6) is -0.607. The number of hydrogen-bond donors (Lipinski definition) is 2. The largest absolute Gasteiger partial charge is 1.00 e. The van der Waals surface area contributed by atoms with E-state index in [1.54, 1.807) is 0 Å². The van der Waals surface area contributed by atoms with Crippen LogP contribution in [0.1, 0.15) is 20.3 Å². The molecule has 2 unspecified atom stereocenters. The molecule has 0 saturated carbocycles. The van der Waals surface area contributed by atoms with Gasteiger partial charge in [0.2, 0.25) is 5.91 Å². The van der Waals surface area contributed by atoms with E-state index >= 15 is 0 Å². The third-order valence-electron chi connectivity index (χ3n) is 3.05. The number of fused-ring (bicyclic) bond motifs is 2. The average Bonchev–Trinajstić information content (AvgIpc) is 2.76. The molecule has 11 heteroatoms. The minimum Gasteiger partial charge on any atom is -0.590 e. The Kier molecular flexibility index (Phi) is 10.0. The zero-order valence-electron chi connectivity index (χ0n) is 13.0. The summed E-state index contributed by atoms with van der Waals surface area (Å²) in [7, 11) is 0. The van der Waals surface area contributed by atoms with Gasteiger partial charge >= 0.3 is 35.6 Å². The molecule has 0 radical (unpaired) electrons. The second-order valence-corrected chi connectivity index (χ2v) is 4.33. The summed E-state index contributed by atoms with van der Waals surface area (Å²) in [6, 6.07) is -1.72. The zero-order chi connectivity index (χ0) is 16.0. The van der Waals surface area contributed by atoms with Crippen molar-refractivity contribution in [3.63, 3.8) is 0 Å². The fourth-order valence-corrected chi connectivity index (χ4v) is 2.33. The first-order valence-corrected chi connectivity index (χ1v) is 7.01. The number of hydroxylamine groups is 2. The van der Waals surface area contributed by atoms with Crippen LogP contribution in [0.3, 0.4) is 0 Å². The number of carbonyl (C=O) groups excluding carboxylic acids is 2. The molecule has 2 bridgehead atoms. The van der Waals surface area contributed by atoms with Gasteiger partial charge in [0.05, 0.1) is 12.3 Å². The SMILES string of the molecule is CC.NCCO/N=C1/CC(C(N)=O)N2CC1N(O[S-])C2=O.[Na+]. The van der Waals surface area contributed by atoms with Gasteiger partial charge in [0.1, 0.15) is 18.7 Å². The Morgan fingerprint density at radius 3 is 2.64 bits per heavy atom. The summed E-state index contributed by atoms with van der Waals surface area (Å²) >= 11 is 4.45. The van der Waals surface area contributed by atoms with Gasteiger partial charge in [0.25, 0.3) is 0 Å². The fourth-order valence-electron chi connectivity index (χ4n) is 2.16. The first-order chi connectivity index (χ1) is 10.1. The van der Waals surface area contributed by atoms with Gasteiger partial charge in [-0.1, -0.05) is 19.0 Å². The molecular formula is C11H20N5NaO4S. The molecule has 0 aromatic rings. The van der Waals surface area contributed by atoms with Crippen LogP contribution in [0, 0.1) is 0 Å². The molecule has 2 heterocycles. The number of piperidine rings is 1. The molecule has 3 amide bonds. The number of amides is 3. The molecule has 0 aromatic carbocycles. The molecular weight excluding hydrogens is 321 g/mol. The first-order valence-electron chi connectivity index (χ1n) is 6.68. The molecule has 2 aliphatic heterocycles. The van der Waals surface area contributed by atoms with Crippen LogP contribution in [0.15, 0.2) is 5.16 Å². The molecule has 120 valence electrons. The second kappa shape index (κ2) is 10.3. The number of oxime groups is 1. The molecule has 0 spiro atoms. The maximum absolute atomic E-state index is 11.9. The molecule has 0 aliphatic carbocycles. The normalized spacial score (nSPS) is 24.5. The molecule has 4 N–H and O–H groups in total. The summed E-state index contributed by atoms with van der Waals surface area (Å²) in [6.45, 7) is 4.80. The van der Waals surface area contributed by atoms with Crippen molar-refractivity contribution < 1.29 is 48.3 Å². The van der Waals surface area contributed by atoms with E-state index in [-0.39, 0.29) is 49.1 Å². The Labute approximate surface area is 157 Å². The van der Waals surface area contributed by atoms with Gasteiger partial charge in [0, 0.05) is 13.0 Å². The predicted octanol–water partition coefficient (Wildman–Crippen LogP) is -3.89. The van der Waals surface area contributed by atoms with E-state index in [0.717, 1.165) is 5.06 Å². The number of nitrogens with two attached hydrogens (primary N) is 2. The third-order valence-corrected chi connectivity index (χ3v) is 3.21. The Morgan fingerprint density at radius 2 is 2.14 bits per heavy atom. The second-order valence-electron chi connectivity index (χ2n) is 4.18. The van der Waals surface area contributed by atoms with Crippen LogP contribution >= 0.6 is 0 Å². The Morgan fingerprint density at radius 1 is 1.50 bits per heavy atom.